The van der Waals surface area contributed by atoms with Crippen LogP contribution in [0.25, 0.3) is 0 Å². The van der Waals surface area contributed by atoms with Crippen LogP contribution in [0.5, 0.6) is 5.75 Å². The van der Waals surface area contributed by atoms with E-state index in [2.05, 4.69) is 0 Å². The van der Waals surface area contributed by atoms with Gasteiger partial charge in [-0.2, -0.15) is 8.42 Å². The molecule has 0 bridgehead atoms. The lowest BCUT2D eigenvalue weighted by molar-refractivity contribution is -0.117. The molecule has 1 fully saturated rings. The van der Waals surface area contributed by atoms with E-state index in [0.717, 1.165) is 0 Å². The van der Waals surface area contributed by atoms with Gasteiger partial charge in [-0.1, -0.05) is 11.6 Å². The third-order valence-electron chi connectivity index (χ3n) is 3.09. The summed E-state index contributed by atoms with van der Waals surface area (Å²) in [6, 6.07) is 4.82. The third kappa shape index (κ3) is 3.40. The molecule has 1 unspecified atom stereocenters. The molecule has 0 spiro atoms. The molecule has 5 nitrogen and oxygen atoms in total. The van der Waals surface area contributed by atoms with Gasteiger partial charge < -0.3 is 9.64 Å². The van der Waals surface area contributed by atoms with Crippen molar-refractivity contribution in [2.75, 3.05) is 24.3 Å². The van der Waals surface area contributed by atoms with Crippen molar-refractivity contribution < 1.29 is 21.8 Å². The Morgan fingerprint density at radius 1 is 1.50 bits per heavy atom. The van der Waals surface area contributed by atoms with E-state index < -0.39 is 21.9 Å². The molecular weight excluding hydrogens is 309 g/mol. The molecule has 2 rings (SSSR count). The second kappa shape index (κ2) is 5.57. The number of methoxy groups -OCH3 is 1. The van der Waals surface area contributed by atoms with Crippen LogP contribution < -0.4 is 9.64 Å². The molecule has 1 amide bonds. The van der Waals surface area contributed by atoms with Crippen LogP contribution in [0.3, 0.4) is 0 Å². The van der Waals surface area contributed by atoms with Gasteiger partial charge in [0.05, 0.1) is 17.9 Å². The molecule has 0 aliphatic carbocycles. The first kappa shape index (κ1) is 15.1. The van der Waals surface area contributed by atoms with Crippen molar-refractivity contribution in [2.45, 2.75) is 6.42 Å². The second-order valence-corrected chi connectivity index (χ2v) is 6.42. The Kier molecular flexibility index (Phi) is 4.19. The Morgan fingerprint density at radius 2 is 2.20 bits per heavy atom. The summed E-state index contributed by atoms with van der Waals surface area (Å²) in [6.07, 6.45) is 0.00674. The number of ether oxygens (including phenoxy) is 1. The highest BCUT2D eigenvalue weighted by atomic mass is 35.5. The topological polar surface area (TPSA) is 63.7 Å². The number of halogens is 2. The monoisotopic (exact) mass is 321 g/mol. The van der Waals surface area contributed by atoms with E-state index in [0.29, 0.717) is 16.5 Å². The van der Waals surface area contributed by atoms with Crippen LogP contribution in [0.4, 0.5) is 9.57 Å². The maximum Gasteiger partial charge on any atom is 0.302 e. The van der Waals surface area contributed by atoms with Crippen LogP contribution in [0.1, 0.15) is 6.42 Å². The van der Waals surface area contributed by atoms with Gasteiger partial charge in [-0.3, -0.25) is 4.79 Å². The molecule has 0 saturated carbocycles. The van der Waals surface area contributed by atoms with E-state index >= 15 is 0 Å². The van der Waals surface area contributed by atoms with Gasteiger partial charge in [0, 0.05) is 24.6 Å². The summed E-state index contributed by atoms with van der Waals surface area (Å²) < 4.78 is 39.0. The molecule has 20 heavy (non-hydrogen) atoms. The molecule has 0 N–H and O–H groups in total. The SMILES string of the molecule is COc1ccc(N2CC(CS(=O)(=O)F)CC2=O)cc1Cl. The molecule has 8 heteroatoms. The van der Waals surface area contributed by atoms with Gasteiger partial charge >= 0.3 is 10.2 Å². The lowest BCUT2D eigenvalue weighted by atomic mass is 10.1. The molecular formula is C12H13ClFNO4S. The highest BCUT2D eigenvalue weighted by molar-refractivity contribution is 7.86. The Balaban J connectivity index is 2.18. The zero-order valence-electron chi connectivity index (χ0n) is 10.7. The molecule has 1 atom stereocenters. The molecule has 1 aromatic rings. The first-order chi connectivity index (χ1) is 9.30. The molecule has 1 aromatic carbocycles. The van der Waals surface area contributed by atoms with Gasteiger partial charge in [-0.05, 0) is 18.2 Å². The Bertz CT molecular complexity index is 634. The average Bonchev–Trinajstić information content (AvgIpc) is 2.67. The van der Waals surface area contributed by atoms with Crippen molar-refractivity contribution in [3.8, 4) is 5.75 Å². The van der Waals surface area contributed by atoms with Gasteiger partial charge in [0.15, 0.2) is 0 Å². The van der Waals surface area contributed by atoms with Crippen molar-refractivity contribution in [3.05, 3.63) is 23.2 Å². The standard InChI is InChI=1S/C12H13ClFNO4S/c1-19-11-3-2-9(5-10(11)13)15-6-8(4-12(15)16)7-20(14,17)18/h2-3,5,8H,4,6-7H2,1H3. The van der Waals surface area contributed by atoms with E-state index in [-0.39, 0.29) is 18.9 Å². The third-order valence-corrected chi connectivity index (χ3v) is 4.25. The van der Waals surface area contributed by atoms with E-state index in [4.69, 9.17) is 16.3 Å². The number of amides is 1. The van der Waals surface area contributed by atoms with Gasteiger partial charge in [0.1, 0.15) is 5.75 Å². The minimum Gasteiger partial charge on any atom is -0.495 e. The molecule has 0 radical (unpaired) electrons. The predicted octanol–water partition coefficient (Wildman–Crippen LogP) is 2.00. The molecule has 1 heterocycles. The first-order valence-electron chi connectivity index (χ1n) is 5.86. The molecule has 110 valence electrons. The summed E-state index contributed by atoms with van der Waals surface area (Å²) in [7, 11) is -3.10. The Hall–Kier alpha value is -1.34. The van der Waals surface area contributed by atoms with Crippen molar-refractivity contribution in [2.24, 2.45) is 5.92 Å². The fraction of sp³-hybridized carbons (Fsp3) is 0.417. The summed E-state index contributed by atoms with van der Waals surface area (Å²) in [5, 5.41) is 0.347. The van der Waals surface area contributed by atoms with Crippen molar-refractivity contribution >= 4 is 33.4 Å². The number of rotatable bonds is 4. The molecule has 0 aromatic heterocycles. The van der Waals surface area contributed by atoms with Crippen LogP contribution in [-0.4, -0.2) is 33.7 Å². The Labute approximate surface area is 121 Å². The summed E-state index contributed by atoms with van der Waals surface area (Å²) in [5.41, 5.74) is 0.541. The Morgan fingerprint density at radius 3 is 2.75 bits per heavy atom. The summed E-state index contributed by atoms with van der Waals surface area (Å²) >= 11 is 5.98. The van der Waals surface area contributed by atoms with Crippen LogP contribution >= 0.6 is 11.6 Å². The fourth-order valence-corrected chi connectivity index (χ4v) is 3.29. The average molecular weight is 322 g/mol. The summed E-state index contributed by atoms with van der Waals surface area (Å²) in [4.78, 5) is 13.3. The normalized spacial score (nSPS) is 19.4. The van der Waals surface area contributed by atoms with Crippen LogP contribution in [0, 0.1) is 5.92 Å². The maximum atomic E-state index is 12.7. The lowest BCUT2D eigenvalue weighted by Crippen LogP contribution is -2.25. The van der Waals surface area contributed by atoms with Crippen molar-refractivity contribution in [1.82, 2.24) is 0 Å². The minimum atomic E-state index is -4.58. The van der Waals surface area contributed by atoms with Crippen LogP contribution in [-0.2, 0) is 15.0 Å². The van der Waals surface area contributed by atoms with Crippen molar-refractivity contribution in [1.29, 1.82) is 0 Å². The number of anilines is 1. The van der Waals surface area contributed by atoms with E-state index in [1.54, 1.807) is 18.2 Å². The number of hydrogen-bond acceptors (Lipinski definition) is 4. The van der Waals surface area contributed by atoms with Gasteiger partial charge in [0.25, 0.3) is 0 Å². The van der Waals surface area contributed by atoms with E-state index in [1.165, 1.54) is 12.0 Å². The number of nitrogens with zero attached hydrogens (tertiary/aromatic N) is 1. The molecule has 1 saturated heterocycles. The molecule has 1 aliphatic rings. The molecule has 1 aliphatic heterocycles. The van der Waals surface area contributed by atoms with E-state index in [1.807, 2.05) is 0 Å². The number of benzene rings is 1. The largest absolute Gasteiger partial charge is 0.495 e. The second-order valence-electron chi connectivity index (χ2n) is 4.60. The minimum absolute atomic E-state index is 0.00674. The van der Waals surface area contributed by atoms with Crippen molar-refractivity contribution in [3.63, 3.8) is 0 Å². The van der Waals surface area contributed by atoms with Gasteiger partial charge in [-0.15, -0.1) is 3.89 Å². The van der Waals surface area contributed by atoms with Gasteiger partial charge in [0.2, 0.25) is 5.91 Å². The highest BCUT2D eigenvalue weighted by Crippen LogP contribution is 2.32. The summed E-state index contributed by atoms with van der Waals surface area (Å²) in [5.74, 6) is -0.956. The number of hydrogen-bond donors (Lipinski definition) is 0. The number of carbonyl (C=O) groups is 1. The lowest BCUT2D eigenvalue weighted by Gasteiger charge is -2.17. The summed E-state index contributed by atoms with van der Waals surface area (Å²) in [6.45, 7) is 0.157. The fourth-order valence-electron chi connectivity index (χ4n) is 2.25. The zero-order chi connectivity index (χ0) is 14.9. The first-order valence-corrected chi connectivity index (χ1v) is 7.79. The van der Waals surface area contributed by atoms with Crippen LogP contribution in [0.15, 0.2) is 18.2 Å². The van der Waals surface area contributed by atoms with E-state index in [9.17, 15) is 17.1 Å². The van der Waals surface area contributed by atoms with Gasteiger partial charge in [-0.25, -0.2) is 0 Å². The maximum absolute atomic E-state index is 12.7. The quantitative estimate of drug-likeness (QED) is 0.796. The highest BCUT2D eigenvalue weighted by Gasteiger charge is 2.33. The zero-order valence-corrected chi connectivity index (χ0v) is 12.2. The smallest absolute Gasteiger partial charge is 0.302 e. The predicted molar refractivity (Wildman–Crippen MR) is 73.4 cm³/mol. The number of carbonyl (C=O) groups excluding carboxylic acids is 1. The van der Waals surface area contributed by atoms with Crippen LogP contribution in [0.2, 0.25) is 5.02 Å².